The van der Waals surface area contributed by atoms with Crippen molar-refractivity contribution in [1.82, 2.24) is 5.32 Å². The highest BCUT2D eigenvalue weighted by Crippen LogP contribution is 2.29. The third-order valence-electron chi connectivity index (χ3n) is 3.26. The van der Waals surface area contributed by atoms with Crippen LogP contribution in [0.2, 0.25) is 5.02 Å². The Balaban J connectivity index is 1.81. The largest absolute Gasteiger partial charge is 0.452 e. The van der Waals surface area contributed by atoms with Gasteiger partial charge in [-0.3, -0.25) is 4.79 Å². The summed E-state index contributed by atoms with van der Waals surface area (Å²) < 4.78 is 55.1. The number of ether oxygens (including phenoxy) is 1. The summed E-state index contributed by atoms with van der Waals surface area (Å²) in [6, 6.07) is 7.48. The summed E-state index contributed by atoms with van der Waals surface area (Å²) in [6.45, 7) is -0.634. The van der Waals surface area contributed by atoms with Gasteiger partial charge in [0.25, 0.3) is 5.91 Å². The maximum Gasteiger partial charge on any atom is 0.416 e. The molecular formula is C17H12ClF4NO3. The van der Waals surface area contributed by atoms with Crippen molar-refractivity contribution in [3.05, 3.63) is 70.0 Å². The number of carbonyl (C=O) groups excluding carboxylic acids is 2. The van der Waals surface area contributed by atoms with Crippen LogP contribution in [0.25, 0.3) is 0 Å². The van der Waals surface area contributed by atoms with Crippen molar-refractivity contribution in [1.29, 1.82) is 0 Å². The van der Waals surface area contributed by atoms with Crippen LogP contribution in [-0.2, 0) is 22.3 Å². The molecule has 0 radical (unpaired) electrons. The van der Waals surface area contributed by atoms with Gasteiger partial charge in [-0.2, -0.15) is 13.2 Å². The maximum atomic E-state index is 13.0. The van der Waals surface area contributed by atoms with E-state index in [1.807, 2.05) is 0 Å². The molecule has 1 amide bonds. The number of nitrogens with one attached hydrogen (secondary N) is 1. The summed E-state index contributed by atoms with van der Waals surface area (Å²) >= 11 is 5.54. The second-order valence-electron chi connectivity index (χ2n) is 5.18. The van der Waals surface area contributed by atoms with Crippen molar-refractivity contribution in [2.24, 2.45) is 0 Å². The van der Waals surface area contributed by atoms with Crippen LogP contribution in [0.3, 0.4) is 0 Å². The SMILES string of the molecule is O=C(COC(=O)c1ccc(F)c(Cl)c1)NCc1ccc(C(F)(F)F)cc1. The number of rotatable bonds is 5. The first kappa shape index (κ1) is 19.7. The van der Waals surface area contributed by atoms with E-state index in [0.717, 1.165) is 30.3 Å². The fourth-order valence-corrected chi connectivity index (χ4v) is 2.08. The molecule has 26 heavy (non-hydrogen) atoms. The molecule has 2 aromatic carbocycles. The van der Waals surface area contributed by atoms with Gasteiger partial charge in [-0.25, -0.2) is 9.18 Å². The highest BCUT2D eigenvalue weighted by Gasteiger charge is 2.29. The van der Waals surface area contributed by atoms with Gasteiger partial charge in [0.2, 0.25) is 0 Å². The number of benzene rings is 2. The third kappa shape index (κ3) is 5.45. The molecule has 1 N–H and O–H groups in total. The predicted octanol–water partition coefficient (Wildman–Crippen LogP) is 3.97. The van der Waals surface area contributed by atoms with E-state index < -0.39 is 36.0 Å². The van der Waals surface area contributed by atoms with E-state index in [9.17, 15) is 27.2 Å². The number of hydrogen-bond acceptors (Lipinski definition) is 3. The average Bonchev–Trinajstić information content (AvgIpc) is 2.59. The van der Waals surface area contributed by atoms with Gasteiger partial charge in [0.05, 0.1) is 16.1 Å². The van der Waals surface area contributed by atoms with Crippen molar-refractivity contribution in [3.63, 3.8) is 0 Å². The zero-order valence-corrected chi connectivity index (χ0v) is 13.8. The van der Waals surface area contributed by atoms with Gasteiger partial charge in [-0.05, 0) is 35.9 Å². The van der Waals surface area contributed by atoms with Gasteiger partial charge >= 0.3 is 12.1 Å². The molecule has 0 aliphatic carbocycles. The van der Waals surface area contributed by atoms with Crippen LogP contribution in [0.5, 0.6) is 0 Å². The maximum absolute atomic E-state index is 13.0. The highest BCUT2D eigenvalue weighted by atomic mass is 35.5. The Morgan fingerprint density at radius 3 is 2.31 bits per heavy atom. The molecule has 0 unspecified atom stereocenters. The molecule has 138 valence electrons. The quantitative estimate of drug-likeness (QED) is 0.622. The van der Waals surface area contributed by atoms with E-state index in [1.165, 1.54) is 12.1 Å². The Hall–Kier alpha value is -2.61. The topological polar surface area (TPSA) is 55.4 Å². The van der Waals surface area contributed by atoms with Gasteiger partial charge in [0.1, 0.15) is 5.82 Å². The third-order valence-corrected chi connectivity index (χ3v) is 3.55. The molecule has 0 aromatic heterocycles. The lowest BCUT2D eigenvalue weighted by molar-refractivity contribution is -0.137. The molecule has 2 aromatic rings. The van der Waals surface area contributed by atoms with Crippen molar-refractivity contribution in [2.45, 2.75) is 12.7 Å². The van der Waals surface area contributed by atoms with Crippen molar-refractivity contribution >= 4 is 23.5 Å². The second kappa shape index (κ2) is 8.18. The minimum absolute atomic E-state index is 0.0214. The monoisotopic (exact) mass is 389 g/mol. The number of esters is 1. The molecule has 0 atom stereocenters. The minimum atomic E-state index is -4.43. The predicted molar refractivity (Wildman–Crippen MR) is 85.0 cm³/mol. The number of alkyl halides is 3. The van der Waals surface area contributed by atoms with Crippen LogP contribution in [-0.4, -0.2) is 18.5 Å². The Morgan fingerprint density at radius 1 is 1.08 bits per heavy atom. The number of halogens is 5. The van der Waals surface area contributed by atoms with Crippen LogP contribution in [0.4, 0.5) is 17.6 Å². The van der Waals surface area contributed by atoms with E-state index in [-0.39, 0.29) is 17.1 Å². The minimum Gasteiger partial charge on any atom is -0.452 e. The van der Waals surface area contributed by atoms with E-state index in [2.05, 4.69) is 5.32 Å². The summed E-state index contributed by atoms with van der Waals surface area (Å²) in [5.74, 6) is -2.21. The lowest BCUT2D eigenvalue weighted by Gasteiger charge is -2.09. The van der Waals surface area contributed by atoms with E-state index >= 15 is 0 Å². The van der Waals surface area contributed by atoms with Crippen LogP contribution in [0.1, 0.15) is 21.5 Å². The van der Waals surface area contributed by atoms with Gasteiger partial charge in [0, 0.05) is 6.54 Å². The Bertz CT molecular complexity index is 807. The molecule has 4 nitrogen and oxygen atoms in total. The van der Waals surface area contributed by atoms with Crippen LogP contribution < -0.4 is 5.32 Å². The standard InChI is InChI=1S/C17H12ClF4NO3/c18-13-7-11(3-6-14(13)19)16(25)26-9-15(24)23-8-10-1-4-12(5-2-10)17(20,21)22/h1-7H,8-9H2,(H,23,24). The van der Waals surface area contributed by atoms with Crippen LogP contribution in [0, 0.1) is 5.82 Å². The molecule has 0 heterocycles. The van der Waals surface area contributed by atoms with Crippen LogP contribution >= 0.6 is 11.6 Å². The van der Waals surface area contributed by atoms with Crippen molar-refractivity contribution < 1.29 is 31.9 Å². The number of amides is 1. The smallest absolute Gasteiger partial charge is 0.416 e. The normalized spacial score (nSPS) is 11.1. The summed E-state index contributed by atoms with van der Waals surface area (Å²) in [4.78, 5) is 23.4. The molecule has 0 saturated heterocycles. The Morgan fingerprint density at radius 2 is 1.73 bits per heavy atom. The molecule has 2 rings (SSSR count). The zero-order valence-electron chi connectivity index (χ0n) is 13.1. The van der Waals surface area contributed by atoms with E-state index in [4.69, 9.17) is 16.3 Å². The summed E-state index contributed by atoms with van der Waals surface area (Å²) in [5.41, 5.74) is -0.366. The van der Waals surface area contributed by atoms with E-state index in [0.29, 0.717) is 5.56 Å². The van der Waals surface area contributed by atoms with E-state index in [1.54, 1.807) is 0 Å². The Kier molecular flexibility index (Phi) is 6.20. The van der Waals surface area contributed by atoms with Crippen molar-refractivity contribution in [2.75, 3.05) is 6.61 Å². The van der Waals surface area contributed by atoms with Gasteiger partial charge < -0.3 is 10.1 Å². The van der Waals surface area contributed by atoms with Gasteiger partial charge in [-0.1, -0.05) is 23.7 Å². The summed E-state index contributed by atoms with van der Waals surface area (Å²) in [7, 11) is 0. The molecule has 0 spiro atoms. The lowest BCUT2D eigenvalue weighted by Crippen LogP contribution is -2.28. The zero-order chi connectivity index (χ0) is 19.3. The van der Waals surface area contributed by atoms with Crippen molar-refractivity contribution in [3.8, 4) is 0 Å². The molecule has 9 heteroatoms. The average molecular weight is 390 g/mol. The van der Waals surface area contributed by atoms with Gasteiger partial charge in [-0.15, -0.1) is 0 Å². The Labute approximate surface area is 150 Å². The second-order valence-corrected chi connectivity index (χ2v) is 5.58. The molecule has 0 saturated carbocycles. The molecule has 0 bridgehead atoms. The molecule has 0 aliphatic heterocycles. The van der Waals surface area contributed by atoms with Crippen LogP contribution in [0.15, 0.2) is 42.5 Å². The fraction of sp³-hybridized carbons (Fsp3) is 0.176. The first-order chi connectivity index (χ1) is 12.2. The molecule has 0 fully saturated rings. The summed E-state index contributed by atoms with van der Waals surface area (Å²) in [5, 5.41) is 2.14. The number of hydrogen-bond donors (Lipinski definition) is 1. The molecular weight excluding hydrogens is 378 g/mol. The number of carbonyl (C=O) groups is 2. The lowest BCUT2D eigenvalue weighted by atomic mass is 10.1. The highest BCUT2D eigenvalue weighted by molar-refractivity contribution is 6.31. The first-order valence-electron chi connectivity index (χ1n) is 7.22. The summed E-state index contributed by atoms with van der Waals surface area (Å²) in [6.07, 6.45) is -4.43. The fourth-order valence-electron chi connectivity index (χ4n) is 1.90. The first-order valence-corrected chi connectivity index (χ1v) is 7.59. The van der Waals surface area contributed by atoms with Gasteiger partial charge in [0.15, 0.2) is 6.61 Å². The molecule has 0 aliphatic rings.